The van der Waals surface area contributed by atoms with Gasteiger partial charge in [-0.05, 0) is 19.8 Å². The van der Waals surface area contributed by atoms with Crippen LogP contribution in [0.15, 0.2) is 0 Å². The second kappa shape index (κ2) is 5.56. The molecule has 0 bridgehead atoms. The SMILES string of the molecule is CC1(C(=O)O)CCC(C(=O)O)(C(=O)C(F)(F)C(F)(F)C(F)(F)F)C1(C)C. The van der Waals surface area contributed by atoms with Crippen molar-refractivity contribution in [1.29, 1.82) is 0 Å². The van der Waals surface area contributed by atoms with E-state index >= 15 is 0 Å². The van der Waals surface area contributed by atoms with Crippen LogP contribution in [-0.2, 0) is 14.4 Å². The Bertz CT molecular complexity index is 655. The summed E-state index contributed by atoms with van der Waals surface area (Å²) in [5, 5.41) is 18.6. The van der Waals surface area contributed by atoms with E-state index in [1.807, 2.05) is 0 Å². The van der Waals surface area contributed by atoms with E-state index in [0.717, 1.165) is 20.8 Å². The fraction of sp³-hybridized carbons (Fsp3) is 0.786. The maximum Gasteiger partial charge on any atom is 0.460 e. The highest BCUT2D eigenvalue weighted by atomic mass is 19.4. The first-order valence-electron chi connectivity index (χ1n) is 7.09. The van der Waals surface area contributed by atoms with Gasteiger partial charge >= 0.3 is 30.0 Å². The molecule has 5 nitrogen and oxygen atoms in total. The lowest BCUT2D eigenvalue weighted by atomic mass is 9.56. The Morgan fingerprint density at radius 3 is 1.50 bits per heavy atom. The van der Waals surface area contributed by atoms with E-state index in [1.54, 1.807) is 0 Å². The summed E-state index contributed by atoms with van der Waals surface area (Å²) in [7, 11) is 0. The first-order valence-corrected chi connectivity index (χ1v) is 7.09. The van der Waals surface area contributed by atoms with Crippen LogP contribution in [0.5, 0.6) is 0 Å². The molecule has 0 radical (unpaired) electrons. The number of hydrogen-bond donors (Lipinski definition) is 2. The summed E-state index contributed by atoms with van der Waals surface area (Å²) in [5.41, 5.74) is -8.00. The molecule has 0 aromatic rings. The fourth-order valence-electron chi connectivity index (χ4n) is 3.37. The zero-order valence-corrected chi connectivity index (χ0v) is 13.7. The average molecular weight is 396 g/mol. The molecule has 0 amide bonds. The van der Waals surface area contributed by atoms with Gasteiger partial charge in [0.25, 0.3) is 0 Å². The van der Waals surface area contributed by atoms with Crippen LogP contribution in [0.25, 0.3) is 0 Å². The van der Waals surface area contributed by atoms with E-state index in [2.05, 4.69) is 0 Å². The van der Waals surface area contributed by atoms with Crippen molar-refractivity contribution in [3.8, 4) is 0 Å². The summed E-state index contributed by atoms with van der Waals surface area (Å²) >= 11 is 0. The minimum atomic E-state index is -6.84. The average Bonchev–Trinajstić information content (AvgIpc) is 2.66. The van der Waals surface area contributed by atoms with E-state index in [0.29, 0.717) is 0 Å². The molecule has 1 fully saturated rings. The molecule has 1 aliphatic carbocycles. The van der Waals surface area contributed by atoms with Crippen LogP contribution in [0.4, 0.5) is 30.7 Å². The summed E-state index contributed by atoms with van der Waals surface area (Å²) in [5.74, 6) is -20.5. The van der Waals surface area contributed by atoms with Crippen molar-refractivity contribution in [1.82, 2.24) is 0 Å². The molecule has 1 saturated carbocycles. The lowest BCUT2D eigenvalue weighted by Crippen LogP contribution is -2.64. The molecule has 12 heteroatoms. The standard InChI is InChI=1S/C14H15F7O5/c1-9(2)10(3,7(23)24)4-5-11(9,8(25)26)6(22)12(15,16)13(17,18)14(19,20)21/h4-5H2,1-3H3,(H,23,24)(H,25,26). The molecule has 2 unspecified atom stereocenters. The van der Waals surface area contributed by atoms with Gasteiger partial charge in [0, 0.05) is 5.41 Å². The monoisotopic (exact) mass is 396 g/mol. The van der Waals surface area contributed by atoms with Crippen molar-refractivity contribution >= 4 is 17.7 Å². The van der Waals surface area contributed by atoms with Gasteiger partial charge in [-0.3, -0.25) is 14.4 Å². The number of halogens is 7. The Morgan fingerprint density at radius 1 is 0.808 bits per heavy atom. The minimum absolute atomic E-state index is 0.693. The lowest BCUT2D eigenvalue weighted by Gasteiger charge is -2.45. The molecule has 0 saturated heterocycles. The van der Waals surface area contributed by atoms with Gasteiger partial charge in [0.1, 0.15) is 5.41 Å². The maximum atomic E-state index is 13.9. The summed E-state index contributed by atoms with van der Waals surface area (Å²) in [4.78, 5) is 35.2. The molecule has 150 valence electrons. The van der Waals surface area contributed by atoms with Crippen LogP contribution in [0, 0.1) is 16.2 Å². The highest BCUT2D eigenvalue weighted by Gasteiger charge is 2.82. The zero-order chi connectivity index (χ0) is 21.1. The van der Waals surface area contributed by atoms with Crippen LogP contribution >= 0.6 is 0 Å². The van der Waals surface area contributed by atoms with Gasteiger partial charge in [-0.15, -0.1) is 0 Å². The van der Waals surface area contributed by atoms with Crippen molar-refractivity contribution in [3.05, 3.63) is 0 Å². The van der Waals surface area contributed by atoms with Gasteiger partial charge in [-0.2, -0.15) is 30.7 Å². The molecule has 0 spiro atoms. The van der Waals surface area contributed by atoms with Crippen LogP contribution in [-0.4, -0.2) is 46.0 Å². The maximum absolute atomic E-state index is 13.9. The van der Waals surface area contributed by atoms with Gasteiger partial charge in [0.05, 0.1) is 5.41 Å². The highest BCUT2D eigenvalue weighted by molar-refractivity contribution is 6.09. The van der Waals surface area contributed by atoms with E-state index in [4.69, 9.17) is 0 Å². The Labute approximate surface area is 142 Å². The molecule has 0 aromatic carbocycles. The molecule has 2 N–H and O–H groups in total. The largest absolute Gasteiger partial charge is 0.481 e. The van der Waals surface area contributed by atoms with E-state index in [9.17, 15) is 55.3 Å². The van der Waals surface area contributed by atoms with E-state index < -0.39 is 64.8 Å². The normalized spacial score (nSPS) is 29.5. The van der Waals surface area contributed by atoms with Gasteiger partial charge in [0.2, 0.25) is 5.78 Å². The fourth-order valence-corrected chi connectivity index (χ4v) is 3.37. The van der Waals surface area contributed by atoms with Gasteiger partial charge < -0.3 is 10.2 Å². The third-order valence-corrected chi connectivity index (χ3v) is 5.71. The highest BCUT2D eigenvalue weighted by Crippen LogP contribution is 2.65. The van der Waals surface area contributed by atoms with Gasteiger partial charge in [0.15, 0.2) is 0 Å². The second-order valence-electron chi connectivity index (χ2n) is 6.95. The van der Waals surface area contributed by atoms with Crippen molar-refractivity contribution in [2.75, 3.05) is 0 Å². The first kappa shape index (κ1) is 22.2. The predicted octanol–water partition coefficient (Wildman–Crippen LogP) is 3.37. The Hall–Kier alpha value is -1.88. The second-order valence-corrected chi connectivity index (χ2v) is 6.95. The van der Waals surface area contributed by atoms with Crippen molar-refractivity contribution in [3.63, 3.8) is 0 Å². The number of Topliss-reactive ketones (excluding diaryl/α,β-unsaturated/α-hetero) is 1. The number of rotatable bonds is 5. The lowest BCUT2D eigenvalue weighted by molar-refractivity contribution is -0.345. The number of alkyl halides is 7. The molecule has 2 atom stereocenters. The van der Waals surface area contributed by atoms with Crippen molar-refractivity contribution in [2.24, 2.45) is 16.2 Å². The van der Waals surface area contributed by atoms with E-state index in [-0.39, 0.29) is 0 Å². The summed E-state index contributed by atoms with van der Waals surface area (Å²) in [6.07, 6.45) is -8.66. The van der Waals surface area contributed by atoms with E-state index in [1.165, 1.54) is 0 Å². The summed E-state index contributed by atoms with van der Waals surface area (Å²) in [6.45, 7) is 2.44. The third-order valence-electron chi connectivity index (χ3n) is 5.71. The molecular weight excluding hydrogens is 381 g/mol. The summed E-state index contributed by atoms with van der Waals surface area (Å²) in [6, 6.07) is 0. The van der Waals surface area contributed by atoms with Crippen LogP contribution in [0.1, 0.15) is 33.6 Å². The van der Waals surface area contributed by atoms with Gasteiger partial charge in [-0.1, -0.05) is 13.8 Å². The molecule has 0 heterocycles. The molecule has 26 heavy (non-hydrogen) atoms. The topological polar surface area (TPSA) is 91.7 Å². The molecule has 1 rings (SSSR count). The number of carbonyl (C=O) groups is 3. The van der Waals surface area contributed by atoms with Crippen LogP contribution in [0.2, 0.25) is 0 Å². The smallest absolute Gasteiger partial charge is 0.460 e. The Morgan fingerprint density at radius 2 is 1.23 bits per heavy atom. The van der Waals surface area contributed by atoms with Crippen molar-refractivity contribution in [2.45, 2.75) is 51.6 Å². The van der Waals surface area contributed by atoms with Crippen molar-refractivity contribution < 1.29 is 55.3 Å². The third kappa shape index (κ3) is 2.33. The van der Waals surface area contributed by atoms with Gasteiger partial charge in [-0.25, -0.2) is 0 Å². The number of carboxylic acids is 2. The number of carboxylic acid groups (broad SMARTS) is 2. The predicted molar refractivity (Wildman–Crippen MR) is 69.8 cm³/mol. The summed E-state index contributed by atoms with van der Waals surface area (Å²) < 4.78 is 91.4. The Balaban J connectivity index is 3.70. The molecule has 0 aromatic heterocycles. The van der Waals surface area contributed by atoms with Crippen LogP contribution < -0.4 is 0 Å². The molecule has 1 aliphatic rings. The first-order chi connectivity index (χ1) is 11.2. The van der Waals surface area contributed by atoms with Crippen LogP contribution in [0.3, 0.4) is 0 Å². The minimum Gasteiger partial charge on any atom is -0.481 e. The molecular formula is C14H15F7O5. The number of aliphatic carboxylic acids is 2. The zero-order valence-electron chi connectivity index (χ0n) is 13.7. The Kier molecular flexibility index (Phi) is 4.74. The number of ketones is 1. The number of hydrogen-bond acceptors (Lipinski definition) is 3. The number of carbonyl (C=O) groups excluding carboxylic acids is 1. The molecule has 0 aliphatic heterocycles. The quantitative estimate of drug-likeness (QED) is 0.549.